The fourth-order valence-electron chi connectivity index (χ4n) is 4.88. The average Bonchev–Trinajstić information content (AvgIpc) is 2.95. The van der Waals surface area contributed by atoms with Crippen LogP contribution in [0.5, 0.6) is 0 Å². The van der Waals surface area contributed by atoms with Gasteiger partial charge < -0.3 is 4.90 Å². The zero-order valence-electron chi connectivity index (χ0n) is 22.9. The molecular formula is C31H34N4O4. The van der Waals surface area contributed by atoms with Gasteiger partial charge in [-0.2, -0.15) is 0 Å². The SMILES string of the molecule is CCCCN(C(=O)c1ccc(C)c([N+](=O)[O-])c1)C(CC)c1nc2ccccc2c(=O)n1-c1ccc(CC)cc1. The molecule has 0 saturated carbocycles. The van der Waals surface area contributed by atoms with E-state index in [9.17, 15) is 19.7 Å². The molecule has 0 saturated heterocycles. The average molecular weight is 527 g/mol. The third-order valence-electron chi connectivity index (χ3n) is 7.13. The largest absolute Gasteiger partial charge is 0.328 e. The van der Waals surface area contributed by atoms with Crippen LogP contribution in [0.15, 0.2) is 71.5 Å². The first kappa shape index (κ1) is 27.7. The van der Waals surface area contributed by atoms with Crippen LogP contribution in [-0.2, 0) is 6.42 Å². The summed E-state index contributed by atoms with van der Waals surface area (Å²) in [5, 5.41) is 12.1. The molecule has 0 fully saturated rings. The molecule has 0 bridgehead atoms. The number of amides is 1. The third kappa shape index (κ3) is 5.60. The molecular weight excluding hydrogens is 492 g/mol. The molecule has 39 heavy (non-hydrogen) atoms. The molecule has 1 aromatic heterocycles. The smallest absolute Gasteiger partial charge is 0.273 e. The second kappa shape index (κ2) is 12.0. The van der Waals surface area contributed by atoms with E-state index in [-0.39, 0.29) is 22.7 Å². The number of unbranched alkanes of at least 4 members (excludes halogenated alkanes) is 1. The molecule has 8 heteroatoms. The van der Waals surface area contributed by atoms with Gasteiger partial charge in [-0.15, -0.1) is 0 Å². The summed E-state index contributed by atoms with van der Waals surface area (Å²) < 4.78 is 1.61. The van der Waals surface area contributed by atoms with Gasteiger partial charge in [0.25, 0.3) is 17.2 Å². The van der Waals surface area contributed by atoms with E-state index in [1.54, 1.807) is 40.7 Å². The zero-order chi connectivity index (χ0) is 28.1. The van der Waals surface area contributed by atoms with E-state index >= 15 is 0 Å². The summed E-state index contributed by atoms with van der Waals surface area (Å²) in [7, 11) is 0. The number of nitrogens with zero attached hydrogens (tertiary/aromatic N) is 4. The predicted octanol–water partition coefficient (Wildman–Crippen LogP) is 6.56. The minimum Gasteiger partial charge on any atom is -0.328 e. The number of fused-ring (bicyclic) bond motifs is 1. The van der Waals surface area contributed by atoms with Gasteiger partial charge in [0.15, 0.2) is 0 Å². The summed E-state index contributed by atoms with van der Waals surface area (Å²) in [6.45, 7) is 8.15. The summed E-state index contributed by atoms with van der Waals surface area (Å²) in [6.07, 6.45) is 2.96. The molecule has 0 spiro atoms. The van der Waals surface area contributed by atoms with Crippen molar-refractivity contribution >= 4 is 22.5 Å². The van der Waals surface area contributed by atoms with Gasteiger partial charge >= 0.3 is 0 Å². The topological polar surface area (TPSA) is 98.3 Å². The Balaban J connectivity index is 1.92. The lowest BCUT2D eigenvalue weighted by atomic mass is 10.0. The van der Waals surface area contributed by atoms with Crippen molar-refractivity contribution in [1.29, 1.82) is 0 Å². The van der Waals surface area contributed by atoms with E-state index in [1.807, 2.05) is 50.2 Å². The van der Waals surface area contributed by atoms with Crippen LogP contribution in [0.25, 0.3) is 16.6 Å². The fraction of sp³-hybridized carbons (Fsp3) is 0.323. The van der Waals surface area contributed by atoms with Crippen molar-refractivity contribution in [1.82, 2.24) is 14.5 Å². The molecule has 4 aromatic rings. The number of carbonyl (C=O) groups excluding carboxylic acids is 1. The van der Waals surface area contributed by atoms with Crippen LogP contribution >= 0.6 is 0 Å². The quantitative estimate of drug-likeness (QED) is 0.172. The zero-order valence-corrected chi connectivity index (χ0v) is 22.9. The minimum absolute atomic E-state index is 0.0962. The van der Waals surface area contributed by atoms with Gasteiger partial charge in [-0.3, -0.25) is 24.3 Å². The maximum atomic E-state index is 14.0. The standard InChI is InChI=1S/C31H34N4O4/c1-5-8-19-33(30(36)23-16-13-21(4)28(20-23)35(38)39)27(7-3)29-32-26-12-10-9-11-25(26)31(37)34(29)24-17-14-22(6-2)15-18-24/h9-18,20,27H,5-8,19H2,1-4H3. The number of aromatic nitrogens is 2. The fourth-order valence-corrected chi connectivity index (χ4v) is 4.88. The Bertz CT molecular complexity index is 1560. The molecule has 1 atom stereocenters. The Morgan fingerprint density at radius 2 is 1.77 bits per heavy atom. The highest BCUT2D eigenvalue weighted by Gasteiger charge is 2.30. The Hall–Kier alpha value is -4.33. The second-order valence-corrected chi connectivity index (χ2v) is 9.68. The van der Waals surface area contributed by atoms with Crippen molar-refractivity contribution < 1.29 is 9.72 Å². The second-order valence-electron chi connectivity index (χ2n) is 9.68. The molecule has 3 aromatic carbocycles. The van der Waals surface area contributed by atoms with Crippen molar-refractivity contribution in [3.8, 4) is 5.69 Å². The van der Waals surface area contributed by atoms with Gasteiger partial charge in [0, 0.05) is 23.7 Å². The van der Waals surface area contributed by atoms with E-state index in [0.717, 1.165) is 24.8 Å². The monoisotopic (exact) mass is 526 g/mol. The molecule has 1 heterocycles. The molecule has 202 valence electrons. The van der Waals surface area contributed by atoms with Gasteiger partial charge in [-0.25, -0.2) is 4.98 Å². The number of benzene rings is 3. The predicted molar refractivity (Wildman–Crippen MR) is 154 cm³/mol. The van der Waals surface area contributed by atoms with E-state index in [0.29, 0.717) is 40.9 Å². The number of hydrogen-bond acceptors (Lipinski definition) is 5. The molecule has 0 aliphatic heterocycles. The van der Waals surface area contributed by atoms with Crippen LogP contribution in [0.4, 0.5) is 5.69 Å². The molecule has 1 amide bonds. The summed E-state index contributed by atoms with van der Waals surface area (Å²) in [5.74, 6) is 0.144. The highest BCUT2D eigenvalue weighted by atomic mass is 16.6. The van der Waals surface area contributed by atoms with Crippen LogP contribution in [0.3, 0.4) is 0 Å². The molecule has 0 radical (unpaired) electrons. The van der Waals surface area contributed by atoms with E-state index in [1.165, 1.54) is 6.07 Å². The van der Waals surface area contributed by atoms with E-state index in [4.69, 9.17) is 4.98 Å². The summed E-state index contributed by atoms with van der Waals surface area (Å²) in [6, 6.07) is 19.1. The normalized spacial score (nSPS) is 11.9. The van der Waals surface area contributed by atoms with Crippen molar-refractivity contribution in [3.63, 3.8) is 0 Å². The van der Waals surface area contributed by atoms with Gasteiger partial charge in [-0.05, 0) is 62.1 Å². The number of rotatable bonds is 10. The summed E-state index contributed by atoms with van der Waals surface area (Å²) in [4.78, 5) is 45.7. The Labute approximate surface area is 228 Å². The molecule has 4 rings (SSSR count). The Kier molecular flexibility index (Phi) is 8.54. The number of aryl methyl sites for hydroxylation is 2. The van der Waals surface area contributed by atoms with Crippen LogP contribution in [0.1, 0.15) is 73.4 Å². The van der Waals surface area contributed by atoms with Crippen LogP contribution in [0, 0.1) is 17.0 Å². The first-order chi connectivity index (χ1) is 18.8. The summed E-state index contributed by atoms with van der Waals surface area (Å²) >= 11 is 0. The van der Waals surface area contributed by atoms with Crippen molar-refractivity contribution in [2.45, 2.75) is 59.4 Å². The number of nitro groups is 1. The van der Waals surface area contributed by atoms with Crippen LogP contribution in [0.2, 0.25) is 0 Å². The van der Waals surface area contributed by atoms with Gasteiger partial charge in [0.1, 0.15) is 5.82 Å². The van der Waals surface area contributed by atoms with Gasteiger partial charge in [0.05, 0.1) is 27.6 Å². The molecule has 0 aliphatic carbocycles. The number of hydrogen-bond donors (Lipinski definition) is 0. The van der Waals surface area contributed by atoms with Crippen LogP contribution < -0.4 is 5.56 Å². The van der Waals surface area contributed by atoms with Crippen molar-refractivity contribution in [2.75, 3.05) is 6.54 Å². The number of nitro benzene ring substituents is 1. The lowest BCUT2D eigenvalue weighted by Gasteiger charge is -2.32. The first-order valence-corrected chi connectivity index (χ1v) is 13.5. The van der Waals surface area contributed by atoms with Gasteiger partial charge in [0.2, 0.25) is 0 Å². The van der Waals surface area contributed by atoms with Gasteiger partial charge in [-0.1, -0.05) is 57.5 Å². The number of carbonyl (C=O) groups is 1. The van der Waals surface area contributed by atoms with E-state index < -0.39 is 11.0 Å². The first-order valence-electron chi connectivity index (χ1n) is 13.5. The summed E-state index contributed by atoms with van der Waals surface area (Å²) in [5.41, 5.74) is 2.82. The molecule has 8 nitrogen and oxygen atoms in total. The lowest BCUT2D eigenvalue weighted by Crippen LogP contribution is -2.39. The minimum atomic E-state index is -0.535. The highest BCUT2D eigenvalue weighted by Crippen LogP contribution is 2.29. The molecule has 0 N–H and O–H groups in total. The molecule has 0 aliphatic rings. The van der Waals surface area contributed by atoms with Crippen LogP contribution in [-0.4, -0.2) is 31.8 Å². The maximum absolute atomic E-state index is 14.0. The Morgan fingerprint density at radius 3 is 2.41 bits per heavy atom. The molecule has 1 unspecified atom stereocenters. The maximum Gasteiger partial charge on any atom is 0.273 e. The highest BCUT2D eigenvalue weighted by molar-refractivity contribution is 5.95. The van der Waals surface area contributed by atoms with Crippen molar-refractivity contribution in [2.24, 2.45) is 0 Å². The van der Waals surface area contributed by atoms with Crippen molar-refractivity contribution in [3.05, 3.63) is 110 Å². The lowest BCUT2D eigenvalue weighted by molar-refractivity contribution is -0.385. The number of para-hydroxylation sites is 1. The third-order valence-corrected chi connectivity index (χ3v) is 7.13. The Morgan fingerprint density at radius 1 is 1.05 bits per heavy atom. The van der Waals surface area contributed by atoms with E-state index in [2.05, 4.69) is 6.92 Å².